The average Bonchev–Trinajstić information content (AvgIpc) is 2.48. The van der Waals surface area contributed by atoms with Crippen LogP contribution in [-0.4, -0.2) is 24.0 Å². The van der Waals surface area contributed by atoms with E-state index in [1.165, 1.54) is 0 Å². The Bertz CT molecular complexity index is 589. The molecule has 0 saturated heterocycles. The maximum atomic E-state index is 12.3. The summed E-state index contributed by atoms with van der Waals surface area (Å²) < 4.78 is 0. The van der Waals surface area contributed by atoms with Gasteiger partial charge < -0.3 is 16.0 Å². The number of nitrogens with two attached hydrogens (primary N) is 1. The van der Waals surface area contributed by atoms with Crippen molar-refractivity contribution < 1.29 is 4.79 Å². The number of urea groups is 1. The molecule has 0 bridgehead atoms. The summed E-state index contributed by atoms with van der Waals surface area (Å²) in [6, 6.07) is 16.7. The number of carbonyl (C=O) groups excluding carboxylic acids is 1. The summed E-state index contributed by atoms with van der Waals surface area (Å²) in [7, 11) is 0. The number of halogens is 1. The molecule has 3 N–H and O–H groups in total. The molecule has 0 aliphatic carbocycles. The van der Waals surface area contributed by atoms with Crippen LogP contribution in [-0.2, 0) is 6.54 Å². The zero-order valence-electron chi connectivity index (χ0n) is 11.6. The van der Waals surface area contributed by atoms with Crippen molar-refractivity contribution in [2.24, 2.45) is 5.73 Å². The fourth-order valence-electron chi connectivity index (χ4n) is 1.98. The summed E-state index contributed by atoms with van der Waals surface area (Å²) >= 11 is 5.91. The highest BCUT2D eigenvalue weighted by Gasteiger charge is 2.13. The van der Waals surface area contributed by atoms with Crippen LogP contribution in [0, 0.1) is 0 Å². The van der Waals surface area contributed by atoms with Gasteiger partial charge in [-0.25, -0.2) is 4.79 Å². The number of benzene rings is 2. The maximum absolute atomic E-state index is 12.3. The molecule has 5 heteroatoms. The fraction of sp³-hybridized carbons (Fsp3) is 0.188. The number of hydrogen-bond donors (Lipinski definition) is 2. The van der Waals surface area contributed by atoms with Gasteiger partial charge in [-0.3, -0.25) is 0 Å². The molecule has 0 atom stereocenters. The van der Waals surface area contributed by atoms with Crippen molar-refractivity contribution in [1.82, 2.24) is 4.90 Å². The van der Waals surface area contributed by atoms with Gasteiger partial charge in [0.05, 0.1) is 0 Å². The van der Waals surface area contributed by atoms with Gasteiger partial charge >= 0.3 is 6.03 Å². The molecule has 2 amide bonds. The average molecular weight is 304 g/mol. The molecule has 2 aromatic rings. The van der Waals surface area contributed by atoms with Gasteiger partial charge in [0.2, 0.25) is 0 Å². The van der Waals surface area contributed by atoms with Crippen LogP contribution in [0.4, 0.5) is 10.5 Å². The Labute approximate surface area is 129 Å². The summed E-state index contributed by atoms with van der Waals surface area (Å²) in [6.45, 7) is 1.42. The molecular formula is C16H18ClN3O. The van der Waals surface area contributed by atoms with Gasteiger partial charge in [-0.2, -0.15) is 0 Å². The van der Waals surface area contributed by atoms with Crippen LogP contribution >= 0.6 is 11.6 Å². The lowest BCUT2D eigenvalue weighted by atomic mass is 10.2. The van der Waals surface area contributed by atoms with Crippen LogP contribution in [0.2, 0.25) is 5.02 Å². The number of nitrogens with one attached hydrogen (secondary N) is 1. The van der Waals surface area contributed by atoms with Crippen LogP contribution in [0.1, 0.15) is 5.56 Å². The van der Waals surface area contributed by atoms with Gasteiger partial charge in [0.25, 0.3) is 0 Å². The number of hydrogen-bond acceptors (Lipinski definition) is 2. The highest BCUT2D eigenvalue weighted by Crippen LogP contribution is 2.16. The van der Waals surface area contributed by atoms with Crippen molar-refractivity contribution in [3.63, 3.8) is 0 Å². The summed E-state index contributed by atoms with van der Waals surface area (Å²) in [4.78, 5) is 14.0. The topological polar surface area (TPSA) is 58.4 Å². The number of amides is 2. The normalized spacial score (nSPS) is 10.2. The van der Waals surface area contributed by atoms with Gasteiger partial charge in [-0.05, 0) is 23.8 Å². The fourth-order valence-corrected chi connectivity index (χ4v) is 2.17. The molecule has 0 saturated carbocycles. The van der Waals surface area contributed by atoms with Gasteiger partial charge in [0, 0.05) is 30.3 Å². The summed E-state index contributed by atoms with van der Waals surface area (Å²) in [5.41, 5.74) is 7.33. The first-order valence-corrected chi connectivity index (χ1v) is 7.12. The predicted octanol–water partition coefficient (Wildman–Crippen LogP) is 3.33. The molecule has 21 heavy (non-hydrogen) atoms. The monoisotopic (exact) mass is 303 g/mol. The molecule has 2 aromatic carbocycles. The van der Waals surface area contributed by atoms with E-state index < -0.39 is 0 Å². The van der Waals surface area contributed by atoms with E-state index in [9.17, 15) is 4.79 Å². The summed E-state index contributed by atoms with van der Waals surface area (Å²) in [5.74, 6) is 0. The Morgan fingerprint density at radius 1 is 1.14 bits per heavy atom. The first-order valence-electron chi connectivity index (χ1n) is 6.74. The minimum atomic E-state index is -0.188. The molecular weight excluding hydrogens is 286 g/mol. The lowest BCUT2D eigenvalue weighted by Crippen LogP contribution is -2.37. The van der Waals surface area contributed by atoms with Gasteiger partial charge in [0.15, 0.2) is 0 Å². The van der Waals surface area contributed by atoms with E-state index in [1.54, 1.807) is 29.2 Å². The van der Waals surface area contributed by atoms with Crippen molar-refractivity contribution >= 4 is 23.3 Å². The maximum Gasteiger partial charge on any atom is 0.322 e. The van der Waals surface area contributed by atoms with Crippen molar-refractivity contribution in [1.29, 1.82) is 0 Å². The Hall–Kier alpha value is -2.04. The third-order valence-corrected chi connectivity index (χ3v) is 3.21. The van der Waals surface area contributed by atoms with E-state index in [4.69, 9.17) is 17.3 Å². The Balaban J connectivity index is 2.05. The summed E-state index contributed by atoms with van der Waals surface area (Å²) in [5, 5.41) is 3.42. The predicted molar refractivity (Wildman–Crippen MR) is 86.4 cm³/mol. The largest absolute Gasteiger partial charge is 0.329 e. The summed E-state index contributed by atoms with van der Waals surface area (Å²) in [6.07, 6.45) is 0. The molecule has 0 aromatic heterocycles. The third-order valence-electron chi connectivity index (χ3n) is 2.98. The highest BCUT2D eigenvalue weighted by molar-refractivity contribution is 6.30. The second-order valence-electron chi connectivity index (χ2n) is 4.64. The smallest absolute Gasteiger partial charge is 0.322 e. The zero-order chi connectivity index (χ0) is 15.1. The van der Waals surface area contributed by atoms with Crippen LogP contribution in [0.15, 0.2) is 54.6 Å². The van der Waals surface area contributed by atoms with E-state index in [1.807, 2.05) is 30.3 Å². The molecule has 110 valence electrons. The molecule has 0 aliphatic rings. The Kier molecular flexibility index (Phi) is 5.60. The highest BCUT2D eigenvalue weighted by atomic mass is 35.5. The molecule has 2 rings (SSSR count). The molecule has 0 radical (unpaired) electrons. The van der Waals surface area contributed by atoms with Gasteiger partial charge in [0.1, 0.15) is 0 Å². The van der Waals surface area contributed by atoms with Crippen molar-refractivity contribution in [3.8, 4) is 0 Å². The van der Waals surface area contributed by atoms with Crippen LogP contribution in [0.25, 0.3) is 0 Å². The van der Waals surface area contributed by atoms with Crippen LogP contribution in [0.3, 0.4) is 0 Å². The van der Waals surface area contributed by atoms with Crippen molar-refractivity contribution in [2.75, 3.05) is 18.4 Å². The van der Waals surface area contributed by atoms with E-state index in [0.29, 0.717) is 30.3 Å². The molecule has 0 fully saturated rings. The first-order chi connectivity index (χ1) is 10.2. The van der Waals surface area contributed by atoms with Gasteiger partial charge in [-0.15, -0.1) is 0 Å². The first kappa shape index (κ1) is 15.4. The van der Waals surface area contributed by atoms with E-state index in [-0.39, 0.29) is 6.03 Å². The molecule has 0 aliphatic heterocycles. The van der Waals surface area contributed by atoms with Crippen LogP contribution in [0.5, 0.6) is 0 Å². The van der Waals surface area contributed by atoms with E-state index in [2.05, 4.69) is 5.32 Å². The number of anilines is 1. The second-order valence-corrected chi connectivity index (χ2v) is 5.07. The quantitative estimate of drug-likeness (QED) is 0.890. The Morgan fingerprint density at radius 3 is 2.57 bits per heavy atom. The van der Waals surface area contributed by atoms with E-state index >= 15 is 0 Å². The lowest BCUT2D eigenvalue weighted by Gasteiger charge is -2.22. The Morgan fingerprint density at radius 2 is 1.90 bits per heavy atom. The van der Waals surface area contributed by atoms with Gasteiger partial charge in [-0.1, -0.05) is 48.0 Å². The number of rotatable bonds is 5. The molecule has 0 spiro atoms. The standard InChI is InChI=1S/C16H18ClN3O/c17-14-7-4-8-15(11-14)19-16(21)20(10-9-18)12-13-5-2-1-3-6-13/h1-8,11H,9-10,12,18H2,(H,19,21). The minimum absolute atomic E-state index is 0.188. The number of nitrogens with zero attached hydrogens (tertiary/aromatic N) is 1. The number of carbonyl (C=O) groups is 1. The zero-order valence-corrected chi connectivity index (χ0v) is 12.4. The minimum Gasteiger partial charge on any atom is -0.329 e. The van der Waals surface area contributed by atoms with Crippen molar-refractivity contribution in [3.05, 3.63) is 65.2 Å². The van der Waals surface area contributed by atoms with E-state index in [0.717, 1.165) is 5.56 Å². The van der Waals surface area contributed by atoms with Crippen molar-refractivity contribution in [2.45, 2.75) is 6.54 Å². The second kappa shape index (κ2) is 7.67. The molecule has 4 nitrogen and oxygen atoms in total. The lowest BCUT2D eigenvalue weighted by molar-refractivity contribution is 0.210. The molecule has 0 unspecified atom stereocenters. The SMILES string of the molecule is NCCN(Cc1ccccc1)C(=O)Nc1cccc(Cl)c1. The third kappa shape index (κ3) is 4.77. The van der Waals surface area contributed by atoms with Crippen LogP contribution < -0.4 is 11.1 Å². The molecule has 0 heterocycles.